The number of aliphatic hydroxyl groups excluding tert-OH is 1. The summed E-state index contributed by atoms with van der Waals surface area (Å²) in [5.41, 5.74) is 0.117. The minimum absolute atomic E-state index is 0.0632. The molecule has 0 radical (unpaired) electrons. The van der Waals surface area contributed by atoms with Crippen molar-refractivity contribution in [1.29, 1.82) is 0 Å². The molecule has 1 unspecified atom stereocenters. The molecule has 0 amide bonds. The van der Waals surface area contributed by atoms with Crippen LogP contribution in [-0.4, -0.2) is 11.7 Å². The smallest absolute Gasteiger partial charge is 0.142 e. The van der Waals surface area contributed by atoms with Gasteiger partial charge in [0.15, 0.2) is 0 Å². The molecular formula is C15H13Cl3FNO. The summed E-state index contributed by atoms with van der Waals surface area (Å²) in [5.74, 6) is -0.594. The van der Waals surface area contributed by atoms with E-state index in [1.165, 1.54) is 12.1 Å². The van der Waals surface area contributed by atoms with Crippen LogP contribution in [-0.2, 0) is 5.54 Å². The second-order valence-corrected chi connectivity index (χ2v) is 6.12. The number of halogens is 4. The van der Waals surface area contributed by atoms with Crippen molar-refractivity contribution in [3.63, 3.8) is 0 Å². The Balaban J connectivity index is 2.44. The van der Waals surface area contributed by atoms with E-state index < -0.39 is 11.4 Å². The fraction of sp³-hybridized carbons (Fsp3) is 0.200. The molecule has 112 valence electrons. The largest absolute Gasteiger partial charge is 0.394 e. The Labute approximate surface area is 137 Å². The molecule has 0 heterocycles. The highest BCUT2D eigenvalue weighted by Gasteiger charge is 2.29. The van der Waals surface area contributed by atoms with E-state index in [4.69, 9.17) is 34.8 Å². The third-order valence-corrected chi connectivity index (χ3v) is 4.00. The van der Waals surface area contributed by atoms with Gasteiger partial charge in [-0.05, 0) is 37.3 Å². The van der Waals surface area contributed by atoms with E-state index in [0.29, 0.717) is 16.3 Å². The first-order chi connectivity index (χ1) is 9.85. The highest BCUT2D eigenvalue weighted by molar-refractivity contribution is 6.35. The Morgan fingerprint density at radius 2 is 1.86 bits per heavy atom. The summed E-state index contributed by atoms with van der Waals surface area (Å²) in [6.45, 7) is 1.42. The number of aliphatic hydroxyl groups is 1. The third-order valence-electron chi connectivity index (χ3n) is 3.17. The molecule has 2 aromatic rings. The van der Waals surface area contributed by atoms with Gasteiger partial charge in [-0.15, -0.1) is 0 Å². The number of rotatable bonds is 4. The molecule has 0 saturated carbocycles. The zero-order valence-corrected chi connectivity index (χ0v) is 13.4. The number of hydrogen-bond acceptors (Lipinski definition) is 2. The molecule has 0 saturated heterocycles. The first-order valence-electron chi connectivity index (χ1n) is 6.15. The van der Waals surface area contributed by atoms with Crippen molar-refractivity contribution in [1.82, 2.24) is 0 Å². The molecule has 0 bridgehead atoms. The summed E-state index contributed by atoms with van der Waals surface area (Å²) >= 11 is 17.8. The summed E-state index contributed by atoms with van der Waals surface area (Å²) in [7, 11) is 0. The Morgan fingerprint density at radius 1 is 1.14 bits per heavy atom. The van der Waals surface area contributed by atoms with E-state index in [9.17, 15) is 9.50 Å². The summed E-state index contributed by atoms with van der Waals surface area (Å²) in [6, 6.07) is 9.54. The minimum Gasteiger partial charge on any atom is -0.394 e. The van der Waals surface area contributed by atoms with Crippen molar-refractivity contribution >= 4 is 40.5 Å². The molecule has 2 nitrogen and oxygen atoms in total. The molecule has 2 N–H and O–H groups in total. The lowest BCUT2D eigenvalue weighted by molar-refractivity contribution is 0.224. The lowest BCUT2D eigenvalue weighted by Gasteiger charge is -2.31. The minimum atomic E-state index is -0.979. The molecule has 1 atom stereocenters. The Kier molecular flexibility index (Phi) is 4.99. The molecule has 0 aliphatic rings. The van der Waals surface area contributed by atoms with Gasteiger partial charge in [0, 0.05) is 21.3 Å². The van der Waals surface area contributed by atoms with Crippen LogP contribution in [0.25, 0.3) is 0 Å². The first-order valence-corrected chi connectivity index (χ1v) is 7.29. The molecule has 0 aliphatic carbocycles. The monoisotopic (exact) mass is 347 g/mol. The number of hydrogen-bond donors (Lipinski definition) is 2. The summed E-state index contributed by atoms with van der Waals surface area (Å²) < 4.78 is 13.7. The molecule has 0 aliphatic heterocycles. The quantitative estimate of drug-likeness (QED) is 0.753. The van der Waals surface area contributed by atoms with E-state index in [1.807, 2.05) is 0 Å². The normalized spacial score (nSPS) is 13.8. The Morgan fingerprint density at radius 3 is 2.48 bits per heavy atom. The van der Waals surface area contributed by atoms with Crippen molar-refractivity contribution in [2.75, 3.05) is 11.9 Å². The second kappa shape index (κ2) is 6.41. The van der Waals surface area contributed by atoms with E-state index >= 15 is 0 Å². The van der Waals surface area contributed by atoms with Gasteiger partial charge in [0.1, 0.15) is 5.82 Å². The van der Waals surface area contributed by atoms with Gasteiger partial charge in [0.05, 0.1) is 17.2 Å². The zero-order chi connectivity index (χ0) is 15.6. The van der Waals surface area contributed by atoms with Gasteiger partial charge in [-0.1, -0.05) is 40.9 Å². The molecule has 21 heavy (non-hydrogen) atoms. The van der Waals surface area contributed by atoms with Crippen molar-refractivity contribution in [3.8, 4) is 0 Å². The molecule has 2 rings (SSSR count). The predicted molar refractivity (Wildman–Crippen MR) is 85.9 cm³/mol. The van der Waals surface area contributed by atoms with Crippen LogP contribution < -0.4 is 5.32 Å². The maximum absolute atomic E-state index is 13.7. The van der Waals surface area contributed by atoms with Crippen LogP contribution in [0.3, 0.4) is 0 Å². The average molecular weight is 349 g/mol. The van der Waals surface area contributed by atoms with Crippen molar-refractivity contribution in [2.45, 2.75) is 12.5 Å². The van der Waals surface area contributed by atoms with Crippen molar-refractivity contribution < 1.29 is 9.50 Å². The topological polar surface area (TPSA) is 32.3 Å². The predicted octanol–water partition coefficient (Wildman–Crippen LogP) is 5.11. The van der Waals surface area contributed by atoms with E-state index in [0.717, 1.165) is 0 Å². The molecule has 0 fully saturated rings. The van der Waals surface area contributed by atoms with Crippen molar-refractivity contribution in [3.05, 3.63) is 62.8 Å². The SMILES string of the molecule is CC(CO)(Nc1cccc(Cl)c1)c1cc(F)c(Cl)cc1Cl. The maximum atomic E-state index is 13.7. The van der Waals surface area contributed by atoms with Crippen LogP contribution in [0.2, 0.25) is 15.1 Å². The number of benzene rings is 2. The van der Waals surface area contributed by atoms with Crippen LogP contribution in [0, 0.1) is 5.82 Å². The van der Waals surface area contributed by atoms with Crippen LogP contribution in [0.4, 0.5) is 10.1 Å². The number of nitrogens with one attached hydrogen (secondary N) is 1. The Hall–Kier alpha value is -1.00. The third kappa shape index (κ3) is 3.61. The van der Waals surface area contributed by atoms with Gasteiger partial charge in [-0.2, -0.15) is 0 Å². The molecule has 0 spiro atoms. The van der Waals surface area contributed by atoms with Gasteiger partial charge >= 0.3 is 0 Å². The average Bonchev–Trinajstić information content (AvgIpc) is 2.42. The standard InChI is InChI=1S/C15H13Cl3FNO/c1-15(8-21,20-10-4-2-3-9(16)5-10)11-6-14(19)13(18)7-12(11)17/h2-7,20-21H,8H2,1H3. The first kappa shape index (κ1) is 16.4. The van der Waals surface area contributed by atoms with E-state index in [-0.39, 0.29) is 16.7 Å². The second-order valence-electron chi connectivity index (χ2n) is 4.87. The fourth-order valence-electron chi connectivity index (χ4n) is 2.02. The van der Waals surface area contributed by atoms with Gasteiger partial charge < -0.3 is 10.4 Å². The van der Waals surface area contributed by atoms with Crippen LogP contribution >= 0.6 is 34.8 Å². The fourth-order valence-corrected chi connectivity index (χ4v) is 2.80. The summed E-state index contributed by atoms with van der Waals surface area (Å²) in [5, 5.41) is 13.6. The lowest BCUT2D eigenvalue weighted by atomic mass is 9.92. The maximum Gasteiger partial charge on any atom is 0.142 e. The van der Waals surface area contributed by atoms with Crippen LogP contribution in [0.15, 0.2) is 36.4 Å². The van der Waals surface area contributed by atoms with E-state index in [2.05, 4.69) is 5.32 Å². The van der Waals surface area contributed by atoms with Gasteiger partial charge in [-0.25, -0.2) is 4.39 Å². The lowest BCUT2D eigenvalue weighted by Crippen LogP contribution is -2.36. The van der Waals surface area contributed by atoms with Crippen LogP contribution in [0.5, 0.6) is 0 Å². The highest BCUT2D eigenvalue weighted by atomic mass is 35.5. The summed E-state index contributed by atoms with van der Waals surface area (Å²) in [6.07, 6.45) is 0. The van der Waals surface area contributed by atoms with Crippen molar-refractivity contribution in [2.24, 2.45) is 0 Å². The number of anilines is 1. The summed E-state index contributed by atoms with van der Waals surface area (Å²) in [4.78, 5) is 0. The zero-order valence-electron chi connectivity index (χ0n) is 11.1. The van der Waals surface area contributed by atoms with Gasteiger partial charge in [-0.3, -0.25) is 0 Å². The molecule has 0 aromatic heterocycles. The molecule has 2 aromatic carbocycles. The van der Waals surface area contributed by atoms with Crippen LogP contribution in [0.1, 0.15) is 12.5 Å². The van der Waals surface area contributed by atoms with E-state index in [1.54, 1.807) is 31.2 Å². The van der Waals surface area contributed by atoms with Gasteiger partial charge in [0.2, 0.25) is 0 Å². The molecular weight excluding hydrogens is 336 g/mol. The highest BCUT2D eigenvalue weighted by Crippen LogP contribution is 2.34. The molecule has 6 heteroatoms. The Bertz CT molecular complexity index is 665. The van der Waals surface area contributed by atoms with Gasteiger partial charge in [0.25, 0.3) is 0 Å².